The van der Waals surface area contributed by atoms with Gasteiger partial charge >= 0.3 is 0 Å². The minimum atomic E-state index is 0.726. The molecule has 0 bridgehead atoms. The minimum Gasteiger partial charge on any atom is -0.312 e. The van der Waals surface area contributed by atoms with Gasteiger partial charge in [0.15, 0.2) is 0 Å². The van der Waals surface area contributed by atoms with Crippen LogP contribution in [-0.2, 0) is 0 Å². The molecule has 2 saturated heterocycles. The molecule has 2 rings (SSSR count). The summed E-state index contributed by atoms with van der Waals surface area (Å²) in [6, 6.07) is 0.726. The van der Waals surface area contributed by atoms with E-state index in [9.17, 15) is 0 Å². The molecule has 0 spiro atoms. The molecule has 0 saturated carbocycles. The maximum atomic E-state index is 3.85. The fourth-order valence-corrected chi connectivity index (χ4v) is 2.86. The highest BCUT2D eigenvalue weighted by Crippen LogP contribution is 2.25. The van der Waals surface area contributed by atoms with Crippen molar-refractivity contribution in [3.63, 3.8) is 0 Å². The number of fused-ring (bicyclic) bond motifs is 1. The van der Waals surface area contributed by atoms with Gasteiger partial charge in [0, 0.05) is 25.7 Å². The highest BCUT2D eigenvalue weighted by molar-refractivity contribution is 5.23. The molecule has 2 unspecified atom stereocenters. The minimum absolute atomic E-state index is 0.726. The standard InChI is InChI=1S/C14H22N2/c1-3-6-12(4-2)9-16-10-13-7-5-8-15-14(13)11-16/h3-4,6,13-15H,1-2,5,7-11H2/b12-6+. The highest BCUT2D eigenvalue weighted by Gasteiger charge is 2.33. The zero-order chi connectivity index (χ0) is 11.4. The van der Waals surface area contributed by atoms with E-state index >= 15 is 0 Å². The number of piperidine rings is 1. The first-order valence-electron chi connectivity index (χ1n) is 6.23. The first kappa shape index (κ1) is 11.6. The fourth-order valence-electron chi connectivity index (χ4n) is 2.86. The SMILES string of the molecule is C=C/C=C(\C=C)CN1CC2CCCNC2C1. The molecule has 0 amide bonds. The topological polar surface area (TPSA) is 15.3 Å². The first-order valence-corrected chi connectivity index (χ1v) is 6.23. The van der Waals surface area contributed by atoms with Crippen molar-refractivity contribution in [1.82, 2.24) is 10.2 Å². The fraction of sp³-hybridized carbons (Fsp3) is 0.571. The Labute approximate surface area is 98.7 Å². The van der Waals surface area contributed by atoms with Gasteiger partial charge in [-0.3, -0.25) is 4.90 Å². The maximum absolute atomic E-state index is 3.85. The zero-order valence-corrected chi connectivity index (χ0v) is 9.99. The van der Waals surface area contributed by atoms with Gasteiger partial charge in [0.1, 0.15) is 0 Å². The van der Waals surface area contributed by atoms with E-state index in [4.69, 9.17) is 0 Å². The quantitative estimate of drug-likeness (QED) is 0.726. The smallest absolute Gasteiger partial charge is 0.0235 e. The van der Waals surface area contributed by atoms with Crippen LogP contribution in [0.2, 0.25) is 0 Å². The lowest BCUT2D eigenvalue weighted by molar-refractivity contribution is 0.334. The lowest BCUT2D eigenvalue weighted by Crippen LogP contribution is -2.40. The number of nitrogens with zero attached hydrogens (tertiary/aromatic N) is 1. The van der Waals surface area contributed by atoms with E-state index < -0.39 is 0 Å². The largest absolute Gasteiger partial charge is 0.312 e. The molecule has 2 atom stereocenters. The summed E-state index contributed by atoms with van der Waals surface area (Å²) in [5.41, 5.74) is 1.27. The molecule has 0 radical (unpaired) electrons. The molecule has 2 aliphatic rings. The maximum Gasteiger partial charge on any atom is 0.0235 e. The van der Waals surface area contributed by atoms with Gasteiger partial charge in [0.2, 0.25) is 0 Å². The second-order valence-electron chi connectivity index (χ2n) is 4.84. The molecule has 2 aliphatic heterocycles. The molecule has 2 heterocycles. The summed E-state index contributed by atoms with van der Waals surface area (Å²) in [5, 5.41) is 3.63. The van der Waals surface area contributed by atoms with Gasteiger partial charge in [0.25, 0.3) is 0 Å². The lowest BCUT2D eigenvalue weighted by Gasteiger charge is -2.24. The van der Waals surface area contributed by atoms with E-state index in [0.29, 0.717) is 0 Å². The van der Waals surface area contributed by atoms with Crippen molar-refractivity contribution in [2.45, 2.75) is 18.9 Å². The van der Waals surface area contributed by atoms with Crippen molar-refractivity contribution in [1.29, 1.82) is 0 Å². The third-order valence-corrected chi connectivity index (χ3v) is 3.68. The molecular formula is C14H22N2. The Balaban J connectivity index is 1.90. The summed E-state index contributed by atoms with van der Waals surface area (Å²) < 4.78 is 0. The number of nitrogens with one attached hydrogen (secondary N) is 1. The van der Waals surface area contributed by atoms with Crippen molar-refractivity contribution in [3.05, 3.63) is 37.0 Å². The van der Waals surface area contributed by atoms with E-state index in [1.807, 2.05) is 12.2 Å². The van der Waals surface area contributed by atoms with Gasteiger partial charge in [0.05, 0.1) is 0 Å². The number of allylic oxidation sites excluding steroid dienone is 2. The molecule has 16 heavy (non-hydrogen) atoms. The summed E-state index contributed by atoms with van der Waals surface area (Å²) >= 11 is 0. The Bertz CT molecular complexity index is 279. The second kappa shape index (κ2) is 5.46. The van der Waals surface area contributed by atoms with Crippen LogP contribution in [0.15, 0.2) is 37.0 Å². The van der Waals surface area contributed by atoms with Crippen molar-refractivity contribution in [2.75, 3.05) is 26.2 Å². The van der Waals surface area contributed by atoms with Crippen LogP contribution in [0.3, 0.4) is 0 Å². The van der Waals surface area contributed by atoms with Crippen LogP contribution in [0, 0.1) is 5.92 Å². The predicted molar refractivity (Wildman–Crippen MR) is 69.4 cm³/mol. The molecule has 2 heteroatoms. The van der Waals surface area contributed by atoms with Crippen LogP contribution in [0.1, 0.15) is 12.8 Å². The van der Waals surface area contributed by atoms with Crippen LogP contribution in [0.25, 0.3) is 0 Å². The van der Waals surface area contributed by atoms with Crippen molar-refractivity contribution in [2.24, 2.45) is 5.92 Å². The van der Waals surface area contributed by atoms with E-state index in [-0.39, 0.29) is 0 Å². The van der Waals surface area contributed by atoms with Crippen LogP contribution in [0.4, 0.5) is 0 Å². The predicted octanol–water partition coefficient (Wildman–Crippen LogP) is 1.97. The Morgan fingerprint density at radius 2 is 2.25 bits per heavy atom. The Morgan fingerprint density at radius 3 is 2.94 bits per heavy atom. The van der Waals surface area contributed by atoms with Gasteiger partial charge in [-0.15, -0.1) is 0 Å². The summed E-state index contributed by atoms with van der Waals surface area (Å²) in [4.78, 5) is 2.53. The Hall–Kier alpha value is -0.860. The van der Waals surface area contributed by atoms with Crippen molar-refractivity contribution < 1.29 is 0 Å². The van der Waals surface area contributed by atoms with Gasteiger partial charge in [-0.2, -0.15) is 0 Å². The summed E-state index contributed by atoms with van der Waals surface area (Å²) in [6.45, 7) is 12.2. The van der Waals surface area contributed by atoms with Crippen LogP contribution < -0.4 is 5.32 Å². The van der Waals surface area contributed by atoms with Crippen LogP contribution in [0.5, 0.6) is 0 Å². The molecule has 0 aliphatic carbocycles. The van der Waals surface area contributed by atoms with Crippen molar-refractivity contribution in [3.8, 4) is 0 Å². The van der Waals surface area contributed by atoms with Gasteiger partial charge in [-0.1, -0.05) is 31.4 Å². The average molecular weight is 218 g/mol. The van der Waals surface area contributed by atoms with Gasteiger partial charge in [-0.05, 0) is 30.9 Å². The molecule has 0 aromatic carbocycles. The number of rotatable bonds is 4. The van der Waals surface area contributed by atoms with Crippen molar-refractivity contribution >= 4 is 0 Å². The zero-order valence-electron chi connectivity index (χ0n) is 9.99. The third kappa shape index (κ3) is 2.63. The second-order valence-corrected chi connectivity index (χ2v) is 4.84. The number of hydrogen-bond acceptors (Lipinski definition) is 2. The average Bonchev–Trinajstić information content (AvgIpc) is 2.70. The molecule has 0 aromatic rings. The summed E-state index contributed by atoms with van der Waals surface area (Å²) in [5.74, 6) is 0.864. The lowest BCUT2D eigenvalue weighted by atomic mass is 9.94. The molecular weight excluding hydrogens is 196 g/mol. The summed E-state index contributed by atoms with van der Waals surface area (Å²) in [6.07, 6.45) is 8.58. The van der Waals surface area contributed by atoms with Crippen LogP contribution >= 0.6 is 0 Å². The Morgan fingerprint density at radius 1 is 1.38 bits per heavy atom. The molecule has 0 aromatic heterocycles. The number of hydrogen-bond donors (Lipinski definition) is 1. The molecule has 88 valence electrons. The third-order valence-electron chi connectivity index (χ3n) is 3.68. The van der Waals surface area contributed by atoms with Crippen LogP contribution in [-0.4, -0.2) is 37.1 Å². The van der Waals surface area contributed by atoms with E-state index in [1.54, 1.807) is 0 Å². The van der Waals surface area contributed by atoms with E-state index in [0.717, 1.165) is 18.5 Å². The molecule has 2 nitrogen and oxygen atoms in total. The van der Waals surface area contributed by atoms with E-state index in [2.05, 4.69) is 29.5 Å². The van der Waals surface area contributed by atoms with E-state index in [1.165, 1.54) is 38.0 Å². The monoisotopic (exact) mass is 218 g/mol. The van der Waals surface area contributed by atoms with Gasteiger partial charge < -0.3 is 5.32 Å². The summed E-state index contributed by atoms with van der Waals surface area (Å²) in [7, 11) is 0. The van der Waals surface area contributed by atoms with Gasteiger partial charge in [-0.25, -0.2) is 0 Å². The molecule has 1 N–H and O–H groups in total. The number of likely N-dealkylation sites (tertiary alicyclic amines) is 1. The highest BCUT2D eigenvalue weighted by atomic mass is 15.2. The normalized spacial score (nSPS) is 31.1. The first-order chi connectivity index (χ1) is 7.83. The Kier molecular flexibility index (Phi) is 3.97. The molecule has 2 fully saturated rings.